The zero-order valence-electron chi connectivity index (χ0n) is 9.25. The molecule has 0 saturated heterocycles. The molecule has 0 radical (unpaired) electrons. The van der Waals surface area contributed by atoms with Gasteiger partial charge < -0.3 is 0 Å². The molecule has 0 spiro atoms. The number of rotatable bonds is 1. The highest BCUT2D eigenvalue weighted by molar-refractivity contribution is 5.71. The summed E-state index contributed by atoms with van der Waals surface area (Å²) in [5, 5.41) is 0. The molecule has 0 amide bonds. The van der Waals surface area contributed by atoms with Crippen LogP contribution in [0.25, 0.3) is 11.1 Å². The molecule has 0 atom stereocenters. The lowest BCUT2D eigenvalue weighted by Crippen LogP contribution is -2.07. The van der Waals surface area contributed by atoms with Gasteiger partial charge in [0.05, 0.1) is 5.56 Å². The minimum absolute atomic E-state index is 0.234. The number of hydrogen-bond donors (Lipinski definition) is 0. The molecule has 88 valence electrons. The maximum Gasteiger partial charge on any atom is 0.417 e. The van der Waals surface area contributed by atoms with Crippen molar-refractivity contribution in [3.8, 4) is 11.1 Å². The molecule has 0 nitrogen and oxygen atoms in total. The van der Waals surface area contributed by atoms with Crippen LogP contribution in [0.1, 0.15) is 11.1 Å². The Morgan fingerprint density at radius 3 is 1.88 bits per heavy atom. The van der Waals surface area contributed by atoms with Crippen LogP contribution in [0.4, 0.5) is 13.2 Å². The molecule has 0 aliphatic rings. The van der Waals surface area contributed by atoms with Gasteiger partial charge in [0.15, 0.2) is 0 Å². The maximum absolute atomic E-state index is 12.9. The average Bonchev–Trinajstić information content (AvgIpc) is 2.28. The number of benzene rings is 2. The summed E-state index contributed by atoms with van der Waals surface area (Å²) >= 11 is 0. The quantitative estimate of drug-likeness (QED) is 0.674. The van der Waals surface area contributed by atoms with Crippen molar-refractivity contribution in [1.82, 2.24) is 0 Å². The minimum Gasteiger partial charge on any atom is -0.166 e. The molecule has 0 saturated carbocycles. The second-order valence-corrected chi connectivity index (χ2v) is 3.86. The molecule has 2 aromatic carbocycles. The summed E-state index contributed by atoms with van der Waals surface area (Å²) in [6.45, 7) is 1.81. The third-order valence-corrected chi connectivity index (χ3v) is 2.67. The minimum atomic E-state index is -4.32. The van der Waals surface area contributed by atoms with Crippen LogP contribution < -0.4 is 0 Å². The summed E-state index contributed by atoms with van der Waals surface area (Å²) in [6, 6.07) is 12.7. The van der Waals surface area contributed by atoms with E-state index in [0.29, 0.717) is 5.56 Å². The summed E-state index contributed by atoms with van der Waals surface area (Å²) in [5.41, 5.74) is 1.11. The first-order valence-electron chi connectivity index (χ1n) is 5.22. The van der Waals surface area contributed by atoms with Gasteiger partial charge in [-0.1, -0.05) is 42.5 Å². The molecular formula is C14H11F3. The van der Waals surface area contributed by atoms with Crippen molar-refractivity contribution < 1.29 is 13.2 Å². The van der Waals surface area contributed by atoms with Gasteiger partial charge in [-0.05, 0) is 29.7 Å². The molecule has 17 heavy (non-hydrogen) atoms. The van der Waals surface area contributed by atoms with Gasteiger partial charge in [-0.15, -0.1) is 0 Å². The van der Waals surface area contributed by atoms with Crippen LogP contribution in [-0.4, -0.2) is 0 Å². The van der Waals surface area contributed by atoms with E-state index in [9.17, 15) is 13.2 Å². The number of hydrogen-bond acceptors (Lipinski definition) is 0. The van der Waals surface area contributed by atoms with E-state index in [4.69, 9.17) is 0 Å². The van der Waals surface area contributed by atoms with E-state index in [1.807, 2.05) is 19.1 Å². The second kappa shape index (κ2) is 4.24. The highest BCUT2D eigenvalue weighted by Crippen LogP contribution is 2.37. The number of halogens is 3. The van der Waals surface area contributed by atoms with Crippen LogP contribution in [0.2, 0.25) is 0 Å². The Bertz CT molecular complexity index is 527. The van der Waals surface area contributed by atoms with Gasteiger partial charge in [-0.2, -0.15) is 13.2 Å². The SMILES string of the molecule is Cc1ccccc1-c1ccccc1C(F)(F)F. The fourth-order valence-corrected chi connectivity index (χ4v) is 1.84. The molecule has 2 aromatic rings. The smallest absolute Gasteiger partial charge is 0.166 e. The molecule has 0 bridgehead atoms. The highest BCUT2D eigenvalue weighted by Gasteiger charge is 2.33. The first kappa shape index (κ1) is 11.7. The van der Waals surface area contributed by atoms with Crippen LogP contribution >= 0.6 is 0 Å². The molecule has 0 unspecified atom stereocenters. The molecular weight excluding hydrogens is 225 g/mol. The van der Waals surface area contributed by atoms with Crippen LogP contribution in [0.3, 0.4) is 0 Å². The monoisotopic (exact) mass is 236 g/mol. The first-order chi connectivity index (χ1) is 8.00. The first-order valence-corrected chi connectivity index (χ1v) is 5.22. The second-order valence-electron chi connectivity index (χ2n) is 3.86. The van der Waals surface area contributed by atoms with E-state index in [1.165, 1.54) is 12.1 Å². The molecule has 2 rings (SSSR count). The lowest BCUT2D eigenvalue weighted by atomic mass is 9.96. The molecule has 0 aromatic heterocycles. The molecule has 0 fully saturated rings. The molecule has 0 N–H and O–H groups in total. The Hall–Kier alpha value is -1.77. The summed E-state index contributed by atoms with van der Waals surface area (Å²) in [7, 11) is 0. The van der Waals surface area contributed by atoms with Gasteiger partial charge in [-0.25, -0.2) is 0 Å². The zero-order chi connectivity index (χ0) is 12.5. The Morgan fingerprint density at radius 2 is 1.29 bits per heavy atom. The average molecular weight is 236 g/mol. The Kier molecular flexibility index (Phi) is 2.92. The molecule has 3 heteroatoms. The predicted molar refractivity (Wildman–Crippen MR) is 61.6 cm³/mol. The third kappa shape index (κ3) is 2.33. The topological polar surface area (TPSA) is 0 Å². The largest absolute Gasteiger partial charge is 0.417 e. The fraction of sp³-hybridized carbons (Fsp3) is 0.143. The fourth-order valence-electron chi connectivity index (χ4n) is 1.84. The van der Waals surface area contributed by atoms with Crippen molar-refractivity contribution in [1.29, 1.82) is 0 Å². The summed E-state index contributed by atoms with van der Waals surface area (Å²) in [6.07, 6.45) is -4.32. The standard InChI is InChI=1S/C14H11F3/c1-10-6-2-3-7-11(10)12-8-4-5-9-13(12)14(15,16)17/h2-9H,1H3. The van der Waals surface area contributed by atoms with Crippen LogP contribution in [-0.2, 0) is 6.18 Å². The van der Waals surface area contributed by atoms with E-state index in [2.05, 4.69) is 0 Å². The molecule has 0 heterocycles. The molecule has 0 aliphatic heterocycles. The van der Waals surface area contributed by atoms with Crippen molar-refractivity contribution >= 4 is 0 Å². The maximum atomic E-state index is 12.9. The number of aryl methyl sites for hydroxylation is 1. The van der Waals surface area contributed by atoms with Crippen LogP contribution in [0, 0.1) is 6.92 Å². The van der Waals surface area contributed by atoms with Crippen molar-refractivity contribution in [2.75, 3.05) is 0 Å². The zero-order valence-corrected chi connectivity index (χ0v) is 9.25. The van der Waals surface area contributed by atoms with Gasteiger partial charge in [0.2, 0.25) is 0 Å². The van der Waals surface area contributed by atoms with Crippen molar-refractivity contribution in [3.63, 3.8) is 0 Å². The Morgan fingerprint density at radius 1 is 0.765 bits per heavy atom. The highest BCUT2D eigenvalue weighted by atomic mass is 19.4. The Balaban J connectivity index is 2.65. The van der Waals surface area contributed by atoms with Gasteiger partial charge in [-0.3, -0.25) is 0 Å². The van der Waals surface area contributed by atoms with Crippen molar-refractivity contribution in [2.24, 2.45) is 0 Å². The Labute approximate surface area is 97.7 Å². The van der Waals surface area contributed by atoms with Crippen LogP contribution in [0.5, 0.6) is 0 Å². The lowest BCUT2D eigenvalue weighted by Gasteiger charge is -2.14. The predicted octanol–water partition coefficient (Wildman–Crippen LogP) is 4.68. The number of alkyl halides is 3. The van der Waals surface area contributed by atoms with Crippen molar-refractivity contribution in [2.45, 2.75) is 13.1 Å². The van der Waals surface area contributed by atoms with E-state index in [-0.39, 0.29) is 5.56 Å². The van der Waals surface area contributed by atoms with Gasteiger partial charge in [0.1, 0.15) is 0 Å². The van der Waals surface area contributed by atoms with Crippen LogP contribution in [0.15, 0.2) is 48.5 Å². The normalized spacial score (nSPS) is 11.5. The van der Waals surface area contributed by atoms with E-state index in [1.54, 1.807) is 18.2 Å². The van der Waals surface area contributed by atoms with E-state index < -0.39 is 11.7 Å². The summed E-state index contributed by atoms with van der Waals surface area (Å²) in [5.74, 6) is 0. The lowest BCUT2D eigenvalue weighted by molar-refractivity contribution is -0.137. The van der Waals surface area contributed by atoms with Gasteiger partial charge in [0, 0.05) is 0 Å². The van der Waals surface area contributed by atoms with E-state index in [0.717, 1.165) is 11.6 Å². The van der Waals surface area contributed by atoms with Crippen molar-refractivity contribution in [3.05, 3.63) is 59.7 Å². The molecule has 0 aliphatic carbocycles. The van der Waals surface area contributed by atoms with Gasteiger partial charge >= 0.3 is 6.18 Å². The van der Waals surface area contributed by atoms with Gasteiger partial charge in [0.25, 0.3) is 0 Å². The summed E-state index contributed by atoms with van der Waals surface area (Å²) in [4.78, 5) is 0. The van der Waals surface area contributed by atoms with E-state index >= 15 is 0 Å². The summed E-state index contributed by atoms with van der Waals surface area (Å²) < 4.78 is 38.6. The third-order valence-electron chi connectivity index (χ3n) is 2.67.